The Hall–Kier alpha value is -2.09. The molecule has 3 rings (SSSR count). The van der Waals surface area contributed by atoms with E-state index in [1.54, 1.807) is 29.2 Å². The Morgan fingerprint density at radius 1 is 1.18 bits per heavy atom. The molecule has 0 unspecified atom stereocenters. The lowest BCUT2D eigenvalue weighted by Gasteiger charge is -2.31. The minimum atomic E-state index is -3.61. The zero-order chi connectivity index (χ0) is 20.1. The highest BCUT2D eigenvalue weighted by atomic mass is 35.5. The Morgan fingerprint density at radius 3 is 2.50 bits per heavy atom. The molecule has 0 aliphatic carbocycles. The molecule has 6 nitrogen and oxygen atoms in total. The van der Waals surface area contributed by atoms with Crippen LogP contribution in [-0.4, -0.2) is 39.0 Å². The number of ether oxygens (including phenoxy) is 1. The Labute approximate surface area is 170 Å². The second-order valence-electron chi connectivity index (χ2n) is 6.87. The average Bonchev–Trinajstić information content (AvgIpc) is 2.69. The summed E-state index contributed by atoms with van der Waals surface area (Å²) in [6.45, 7) is 3.22. The van der Waals surface area contributed by atoms with Crippen LogP contribution in [0.1, 0.15) is 18.4 Å². The molecule has 0 spiro atoms. The molecule has 1 aliphatic heterocycles. The number of amides is 1. The number of halogens is 1. The molecular formula is C20H23ClN2O4S. The predicted molar refractivity (Wildman–Crippen MR) is 108 cm³/mol. The first-order valence-corrected chi connectivity index (χ1v) is 11.0. The molecular weight excluding hydrogens is 400 g/mol. The van der Waals surface area contributed by atoms with Crippen LogP contribution in [0.25, 0.3) is 0 Å². The molecule has 150 valence electrons. The Balaban J connectivity index is 1.49. The maximum Gasteiger partial charge on any atom is 0.415 e. The van der Waals surface area contributed by atoms with Gasteiger partial charge in [0, 0.05) is 24.7 Å². The van der Waals surface area contributed by atoms with Gasteiger partial charge in [0.05, 0.1) is 4.90 Å². The zero-order valence-electron chi connectivity index (χ0n) is 15.6. The number of nitrogens with one attached hydrogen (secondary N) is 1. The summed E-state index contributed by atoms with van der Waals surface area (Å²) in [5.74, 6) is 0.676. The number of aryl methyl sites for hydroxylation is 1. The van der Waals surface area contributed by atoms with Crippen molar-refractivity contribution >= 4 is 27.7 Å². The summed E-state index contributed by atoms with van der Waals surface area (Å²) in [7, 11) is -3.61. The van der Waals surface area contributed by atoms with E-state index in [4.69, 9.17) is 16.3 Å². The number of benzene rings is 2. The molecule has 8 heteroatoms. The first-order valence-electron chi connectivity index (χ1n) is 9.13. The minimum Gasteiger partial charge on any atom is -0.410 e. The molecule has 0 bridgehead atoms. The van der Waals surface area contributed by atoms with Crippen LogP contribution >= 0.6 is 11.6 Å². The molecule has 1 N–H and O–H groups in total. The van der Waals surface area contributed by atoms with E-state index in [2.05, 4.69) is 4.72 Å². The van der Waals surface area contributed by atoms with Crippen molar-refractivity contribution in [3.8, 4) is 5.75 Å². The molecule has 1 fully saturated rings. The topological polar surface area (TPSA) is 75.7 Å². The molecule has 2 aromatic carbocycles. The van der Waals surface area contributed by atoms with Crippen molar-refractivity contribution in [3.05, 3.63) is 59.1 Å². The van der Waals surface area contributed by atoms with Crippen molar-refractivity contribution in [2.24, 2.45) is 5.92 Å². The summed E-state index contributed by atoms with van der Waals surface area (Å²) < 4.78 is 32.9. The van der Waals surface area contributed by atoms with Gasteiger partial charge < -0.3 is 9.64 Å². The SMILES string of the molecule is Cc1ccc(S(=O)(=O)NCC2CCN(C(=O)Oc3ccccc3)CC2)cc1Cl. The van der Waals surface area contributed by atoms with Crippen molar-refractivity contribution in [2.45, 2.75) is 24.7 Å². The van der Waals surface area contributed by atoms with Crippen LogP contribution in [0.4, 0.5) is 4.79 Å². The lowest BCUT2D eigenvalue weighted by molar-refractivity contribution is 0.131. The highest BCUT2D eigenvalue weighted by molar-refractivity contribution is 7.89. The fourth-order valence-corrected chi connectivity index (χ4v) is 4.41. The fourth-order valence-electron chi connectivity index (χ4n) is 3.03. The standard InChI is InChI=1S/C20H23ClN2O4S/c1-15-7-8-18(13-19(15)21)28(25,26)22-14-16-9-11-23(12-10-16)20(24)27-17-5-3-2-4-6-17/h2-8,13,16,22H,9-12,14H2,1H3. The quantitative estimate of drug-likeness (QED) is 0.794. The second kappa shape index (κ2) is 8.94. The average molecular weight is 423 g/mol. The van der Waals surface area contributed by atoms with Gasteiger partial charge >= 0.3 is 6.09 Å². The third-order valence-electron chi connectivity index (χ3n) is 4.84. The van der Waals surface area contributed by atoms with Gasteiger partial charge in [-0.1, -0.05) is 35.9 Å². The number of carbonyl (C=O) groups is 1. The smallest absolute Gasteiger partial charge is 0.410 e. The van der Waals surface area contributed by atoms with E-state index in [1.807, 2.05) is 25.1 Å². The fraction of sp³-hybridized carbons (Fsp3) is 0.350. The van der Waals surface area contributed by atoms with Gasteiger partial charge in [-0.2, -0.15) is 0 Å². The number of hydrogen-bond donors (Lipinski definition) is 1. The normalized spacial score (nSPS) is 15.4. The number of likely N-dealkylation sites (tertiary alicyclic amines) is 1. The van der Waals surface area contributed by atoms with Crippen LogP contribution in [0.3, 0.4) is 0 Å². The largest absolute Gasteiger partial charge is 0.415 e. The summed E-state index contributed by atoms with van der Waals surface area (Å²) in [5, 5.41) is 0.424. The summed E-state index contributed by atoms with van der Waals surface area (Å²) in [6.07, 6.45) is 1.04. The van der Waals surface area contributed by atoms with Gasteiger partial charge in [0.1, 0.15) is 5.75 Å². The summed E-state index contributed by atoms with van der Waals surface area (Å²) in [4.78, 5) is 14.0. The van der Waals surface area contributed by atoms with Crippen LogP contribution < -0.4 is 9.46 Å². The number of hydrogen-bond acceptors (Lipinski definition) is 4. The third kappa shape index (κ3) is 5.25. The molecule has 28 heavy (non-hydrogen) atoms. The molecule has 0 aromatic heterocycles. The predicted octanol–water partition coefficient (Wildman–Crippen LogP) is 3.84. The van der Waals surface area contributed by atoms with E-state index in [0.717, 1.165) is 5.56 Å². The Kier molecular flexibility index (Phi) is 6.59. The van der Waals surface area contributed by atoms with Crippen LogP contribution in [0, 0.1) is 12.8 Å². The van der Waals surface area contributed by atoms with E-state index in [0.29, 0.717) is 43.2 Å². The number of rotatable bonds is 5. The maximum absolute atomic E-state index is 12.5. The van der Waals surface area contributed by atoms with Crippen molar-refractivity contribution in [1.29, 1.82) is 0 Å². The van der Waals surface area contributed by atoms with Gasteiger partial charge in [-0.3, -0.25) is 0 Å². The molecule has 1 heterocycles. The van der Waals surface area contributed by atoms with E-state index >= 15 is 0 Å². The van der Waals surface area contributed by atoms with Gasteiger partial charge in [-0.05, 0) is 55.5 Å². The van der Waals surface area contributed by atoms with Crippen molar-refractivity contribution < 1.29 is 17.9 Å². The van der Waals surface area contributed by atoms with Crippen LogP contribution in [0.5, 0.6) is 5.75 Å². The maximum atomic E-state index is 12.5. The molecule has 0 saturated carbocycles. The molecule has 0 radical (unpaired) electrons. The Bertz CT molecular complexity index is 926. The summed E-state index contributed by atoms with van der Waals surface area (Å²) in [5.41, 5.74) is 0.829. The zero-order valence-corrected chi connectivity index (χ0v) is 17.2. The van der Waals surface area contributed by atoms with Crippen molar-refractivity contribution in [3.63, 3.8) is 0 Å². The Morgan fingerprint density at radius 2 is 1.86 bits per heavy atom. The summed E-state index contributed by atoms with van der Waals surface area (Å²) in [6, 6.07) is 13.6. The molecule has 2 aromatic rings. The van der Waals surface area contributed by atoms with Gasteiger partial charge in [-0.25, -0.2) is 17.9 Å². The van der Waals surface area contributed by atoms with Crippen LogP contribution in [0.2, 0.25) is 5.02 Å². The van der Waals surface area contributed by atoms with E-state index in [-0.39, 0.29) is 16.9 Å². The highest BCUT2D eigenvalue weighted by Gasteiger charge is 2.25. The van der Waals surface area contributed by atoms with Crippen molar-refractivity contribution in [1.82, 2.24) is 9.62 Å². The van der Waals surface area contributed by atoms with E-state index < -0.39 is 10.0 Å². The van der Waals surface area contributed by atoms with E-state index in [1.165, 1.54) is 6.07 Å². The van der Waals surface area contributed by atoms with Crippen LogP contribution in [-0.2, 0) is 10.0 Å². The molecule has 1 amide bonds. The van der Waals surface area contributed by atoms with Gasteiger partial charge in [0.25, 0.3) is 0 Å². The van der Waals surface area contributed by atoms with Gasteiger partial charge in [-0.15, -0.1) is 0 Å². The molecule has 0 atom stereocenters. The lowest BCUT2D eigenvalue weighted by Crippen LogP contribution is -2.42. The van der Waals surface area contributed by atoms with Gasteiger partial charge in [0.15, 0.2) is 0 Å². The number of para-hydroxylation sites is 1. The van der Waals surface area contributed by atoms with Crippen molar-refractivity contribution in [2.75, 3.05) is 19.6 Å². The first kappa shape index (κ1) is 20.6. The minimum absolute atomic E-state index is 0.159. The number of carbonyl (C=O) groups excluding carboxylic acids is 1. The monoisotopic (exact) mass is 422 g/mol. The second-order valence-corrected chi connectivity index (χ2v) is 9.05. The number of sulfonamides is 1. The lowest BCUT2D eigenvalue weighted by atomic mass is 9.97. The third-order valence-corrected chi connectivity index (χ3v) is 6.67. The number of piperidine rings is 1. The molecule has 1 saturated heterocycles. The first-order chi connectivity index (χ1) is 13.3. The van der Waals surface area contributed by atoms with Gasteiger partial charge in [0.2, 0.25) is 10.0 Å². The molecule has 1 aliphatic rings. The summed E-state index contributed by atoms with van der Waals surface area (Å²) >= 11 is 6.03. The van der Waals surface area contributed by atoms with Crippen LogP contribution in [0.15, 0.2) is 53.4 Å². The van der Waals surface area contributed by atoms with E-state index in [9.17, 15) is 13.2 Å². The number of nitrogens with zero attached hydrogens (tertiary/aromatic N) is 1. The highest BCUT2D eigenvalue weighted by Crippen LogP contribution is 2.22.